The highest BCUT2D eigenvalue weighted by molar-refractivity contribution is 7.92. The van der Waals surface area contributed by atoms with Gasteiger partial charge in [0, 0.05) is 32.4 Å². The quantitative estimate of drug-likeness (QED) is 0.646. The molecule has 1 fully saturated rings. The fourth-order valence-electron chi connectivity index (χ4n) is 1.75. The van der Waals surface area contributed by atoms with Gasteiger partial charge >= 0.3 is 0 Å². The Hall–Kier alpha value is -1.13. The Morgan fingerprint density at radius 3 is 2.17 bits per heavy atom. The van der Waals surface area contributed by atoms with Crippen LogP contribution in [-0.2, 0) is 14.6 Å². The maximum absolute atomic E-state index is 12.2. The first-order valence-corrected chi connectivity index (χ1v) is 7.67. The summed E-state index contributed by atoms with van der Waals surface area (Å²) in [6.07, 6.45) is 1.08. The van der Waals surface area contributed by atoms with Gasteiger partial charge in [-0.3, -0.25) is 9.69 Å². The first-order valence-electron chi connectivity index (χ1n) is 5.78. The van der Waals surface area contributed by atoms with Crippen LogP contribution in [0.15, 0.2) is 0 Å². The Morgan fingerprint density at radius 2 is 1.78 bits per heavy atom. The van der Waals surface area contributed by atoms with E-state index in [1.165, 1.54) is 13.8 Å². The molecular weight excluding hydrogens is 254 g/mol. The molecule has 1 saturated heterocycles. The van der Waals surface area contributed by atoms with Gasteiger partial charge in [-0.15, -0.1) is 0 Å². The van der Waals surface area contributed by atoms with E-state index < -0.39 is 14.6 Å². The van der Waals surface area contributed by atoms with Crippen molar-refractivity contribution in [1.82, 2.24) is 9.80 Å². The van der Waals surface area contributed by atoms with Gasteiger partial charge in [0.1, 0.15) is 4.75 Å². The van der Waals surface area contributed by atoms with Crippen LogP contribution in [-0.4, -0.2) is 67.9 Å². The SMILES string of the molecule is CC(C)(C(=O)N1CCN(CC#N)CC1)S(C)(=O)=O. The maximum Gasteiger partial charge on any atom is 0.243 e. The highest BCUT2D eigenvalue weighted by Gasteiger charge is 2.41. The standard InChI is InChI=1S/C11H19N3O3S/c1-11(2,18(3,16)17)10(15)14-8-6-13(5-4-12)7-9-14/h5-9H2,1-3H3. The highest BCUT2D eigenvalue weighted by Crippen LogP contribution is 2.19. The van der Waals surface area contributed by atoms with Crippen LogP contribution < -0.4 is 0 Å². The number of carbonyl (C=O) groups excluding carboxylic acids is 1. The van der Waals surface area contributed by atoms with Gasteiger partial charge in [0.25, 0.3) is 0 Å². The van der Waals surface area contributed by atoms with E-state index in [9.17, 15) is 13.2 Å². The second kappa shape index (κ2) is 5.24. The second-order valence-electron chi connectivity index (χ2n) is 5.01. The molecule has 0 aromatic heterocycles. The van der Waals surface area contributed by atoms with Crippen LogP contribution >= 0.6 is 0 Å². The lowest BCUT2D eigenvalue weighted by Gasteiger charge is -2.37. The summed E-state index contributed by atoms with van der Waals surface area (Å²) in [4.78, 5) is 15.7. The predicted octanol–water partition coefficient (Wildman–Crippen LogP) is -0.523. The molecule has 0 aromatic rings. The van der Waals surface area contributed by atoms with E-state index in [4.69, 9.17) is 5.26 Å². The monoisotopic (exact) mass is 273 g/mol. The Kier molecular flexibility index (Phi) is 4.35. The van der Waals surface area contributed by atoms with Crippen LogP contribution in [0.1, 0.15) is 13.8 Å². The number of nitrogens with zero attached hydrogens (tertiary/aromatic N) is 3. The Labute approximate surface area is 108 Å². The summed E-state index contributed by atoms with van der Waals surface area (Å²) in [6, 6.07) is 2.06. The summed E-state index contributed by atoms with van der Waals surface area (Å²) in [7, 11) is -3.43. The normalized spacial score (nSPS) is 18.4. The molecule has 0 aromatic carbocycles. The zero-order chi connectivity index (χ0) is 14.0. The minimum atomic E-state index is -3.43. The van der Waals surface area contributed by atoms with Gasteiger partial charge < -0.3 is 4.90 Å². The van der Waals surface area contributed by atoms with Crippen LogP contribution in [0.3, 0.4) is 0 Å². The Bertz CT molecular complexity index is 456. The minimum absolute atomic E-state index is 0.345. The molecule has 1 heterocycles. The third-order valence-corrected chi connectivity index (χ3v) is 5.42. The first-order chi connectivity index (χ1) is 8.20. The van der Waals surface area contributed by atoms with Crippen molar-refractivity contribution in [3.8, 4) is 6.07 Å². The Balaban J connectivity index is 2.70. The number of hydrogen-bond acceptors (Lipinski definition) is 5. The van der Waals surface area contributed by atoms with E-state index in [2.05, 4.69) is 6.07 Å². The lowest BCUT2D eigenvalue weighted by Crippen LogP contribution is -2.56. The van der Waals surface area contributed by atoms with Crippen molar-refractivity contribution >= 4 is 15.7 Å². The average molecular weight is 273 g/mol. The third-order valence-electron chi connectivity index (χ3n) is 3.40. The molecule has 0 aliphatic carbocycles. The zero-order valence-corrected chi connectivity index (χ0v) is 11.8. The molecule has 0 bridgehead atoms. The van der Waals surface area contributed by atoms with Gasteiger partial charge in [0.15, 0.2) is 9.84 Å². The molecule has 1 amide bonds. The largest absolute Gasteiger partial charge is 0.339 e. The van der Waals surface area contributed by atoms with Crippen molar-refractivity contribution in [1.29, 1.82) is 5.26 Å². The van der Waals surface area contributed by atoms with Gasteiger partial charge in [-0.25, -0.2) is 8.42 Å². The van der Waals surface area contributed by atoms with E-state index in [0.29, 0.717) is 32.7 Å². The molecule has 1 aliphatic heterocycles. The third kappa shape index (κ3) is 3.00. The van der Waals surface area contributed by atoms with Crippen molar-refractivity contribution in [2.75, 3.05) is 39.0 Å². The van der Waals surface area contributed by atoms with Gasteiger partial charge in [-0.1, -0.05) is 0 Å². The van der Waals surface area contributed by atoms with E-state index in [0.717, 1.165) is 6.26 Å². The molecule has 0 saturated carbocycles. The van der Waals surface area contributed by atoms with E-state index >= 15 is 0 Å². The van der Waals surface area contributed by atoms with Crippen LogP contribution in [0.4, 0.5) is 0 Å². The van der Waals surface area contributed by atoms with Crippen molar-refractivity contribution in [3.05, 3.63) is 0 Å². The van der Waals surface area contributed by atoms with Crippen LogP contribution in [0.25, 0.3) is 0 Å². The second-order valence-corrected chi connectivity index (χ2v) is 7.57. The molecule has 0 N–H and O–H groups in total. The van der Waals surface area contributed by atoms with E-state index in [-0.39, 0.29) is 5.91 Å². The van der Waals surface area contributed by atoms with Crippen molar-refractivity contribution in [2.24, 2.45) is 0 Å². The van der Waals surface area contributed by atoms with E-state index in [1.54, 1.807) is 4.90 Å². The molecule has 0 atom stereocenters. The molecule has 6 nitrogen and oxygen atoms in total. The summed E-state index contributed by atoms with van der Waals surface area (Å²) in [6.45, 7) is 5.38. The molecule has 1 aliphatic rings. The first kappa shape index (κ1) is 14.9. The van der Waals surface area contributed by atoms with Gasteiger partial charge in [0.05, 0.1) is 12.6 Å². The van der Waals surface area contributed by atoms with Gasteiger partial charge in [-0.2, -0.15) is 5.26 Å². The zero-order valence-electron chi connectivity index (χ0n) is 11.0. The Morgan fingerprint density at radius 1 is 1.28 bits per heavy atom. The van der Waals surface area contributed by atoms with Crippen molar-refractivity contribution in [3.63, 3.8) is 0 Å². The van der Waals surface area contributed by atoms with Crippen LogP contribution in [0.5, 0.6) is 0 Å². The molecule has 0 radical (unpaired) electrons. The van der Waals surface area contributed by atoms with Gasteiger partial charge in [-0.05, 0) is 13.8 Å². The maximum atomic E-state index is 12.2. The number of carbonyl (C=O) groups is 1. The summed E-state index contributed by atoms with van der Waals surface area (Å²) in [5, 5.41) is 8.58. The average Bonchev–Trinajstić information content (AvgIpc) is 2.28. The molecule has 1 rings (SSSR count). The summed E-state index contributed by atoms with van der Waals surface area (Å²) >= 11 is 0. The minimum Gasteiger partial charge on any atom is -0.339 e. The van der Waals surface area contributed by atoms with Crippen LogP contribution in [0.2, 0.25) is 0 Å². The predicted molar refractivity (Wildman–Crippen MR) is 67.6 cm³/mol. The molecule has 0 spiro atoms. The summed E-state index contributed by atoms with van der Waals surface area (Å²) < 4.78 is 21.8. The molecule has 0 unspecified atom stereocenters. The van der Waals surface area contributed by atoms with Crippen molar-refractivity contribution < 1.29 is 13.2 Å². The molecule has 18 heavy (non-hydrogen) atoms. The highest BCUT2D eigenvalue weighted by atomic mass is 32.2. The van der Waals surface area contributed by atoms with Gasteiger partial charge in [0.2, 0.25) is 5.91 Å². The topological polar surface area (TPSA) is 81.5 Å². The fraction of sp³-hybridized carbons (Fsp3) is 0.818. The molecule has 102 valence electrons. The smallest absolute Gasteiger partial charge is 0.243 e. The number of nitriles is 1. The summed E-state index contributed by atoms with van der Waals surface area (Å²) in [5.74, 6) is -0.360. The number of sulfone groups is 1. The summed E-state index contributed by atoms with van der Waals surface area (Å²) in [5.41, 5.74) is 0. The van der Waals surface area contributed by atoms with Crippen molar-refractivity contribution in [2.45, 2.75) is 18.6 Å². The van der Waals surface area contributed by atoms with Crippen LogP contribution in [0, 0.1) is 11.3 Å². The lowest BCUT2D eigenvalue weighted by molar-refractivity contribution is -0.134. The number of hydrogen-bond donors (Lipinski definition) is 0. The number of amides is 1. The lowest BCUT2D eigenvalue weighted by atomic mass is 10.1. The number of piperazine rings is 1. The molecular formula is C11H19N3O3S. The number of rotatable bonds is 3. The molecule has 7 heteroatoms. The van der Waals surface area contributed by atoms with E-state index in [1.807, 2.05) is 4.90 Å². The fourth-order valence-corrected chi connectivity index (χ4v) is 2.19.